The van der Waals surface area contributed by atoms with Gasteiger partial charge in [-0.2, -0.15) is 0 Å². The van der Waals surface area contributed by atoms with Crippen molar-refractivity contribution in [2.45, 2.75) is 45.7 Å². The Hall–Kier alpha value is -3.36. The van der Waals surface area contributed by atoms with Gasteiger partial charge in [-0.05, 0) is 54.7 Å². The standard InChI is InChI=1S/C30H36ClN3O4S/c1-22-16-17-23(2)27(19-22)34(39(4,37)38)18-10-15-29(35)33(21-25-13-8-9-14-26(25)31)28(30(36)32-3)20-24-11-6-5-7-12-24/h5-9,11-14,16-17,19,28H,10,15,18,20-21H2,1-4H3,(H,32,36)/t28-/m0/s1. The summed E-state index contributed by atoms with van der Waals surface area (Å²) in [6, 6.07) is 21.6. The fourth-order valence-corrected chi connectivity index (χ4v) is 5.71. The van der Waals surface area contributed by atoms with E-state index in [9.17, 15) is 18.0 Å². The number of hydrogen-bond acceptors (Lipinski definition) is 4. The number of nitrogens with zero attached hydrogens (tertiary/aromatic N) is 2. The van der Waals surface area contributed by atoms with Gasteiger partial charge in [-0.3, -0.25) is 13.9 Å². The van der Waals surface area contributed by atoms with Gasteiger partial charge in [0.1, 0.15) is 6.04 Å². The molecular formula is C30H36ClN3O4S. The van der Waals surface area contributed by atoms with Gasteiger partial charge in [0.05, 0.1) is 11.9 Å². The first-order valence-corrected chi connectivity index (χ1v) is 15.1. The van der Waals surface area contributed by atoms with Crippen LogP contribution in [-0.4, -0.2) is 51.0 Å². The molecule has 0 saturated heterocycles. The Morgan fingerprint density at radius 3 is 2.28 bits per heavy atom. The second kappa shape index (κ2) is 13.6. The van der Waals surface area contributed by atoms with Crippen molar-refractivity contribution in [2.24, 2.45) is 0 Å². The van der Waals surface area contributed by atoms with E-state index in [2.05, 4.69) is 5.32 Å². The van der Waals surface area contributed by atoms with E-state index in [4.69, 9.17) is 11.6 Å². The third-order valence-corrected chi connectivity index (χ3v) is 8.15. The summed E-state index contributed by atoms with van der Waals surface area (Å²) >= 11 is 6.43. The van der Waals surface area contributed by atoms with Crippen molar-refractivity contribution in [1.29, 1.82) is 0 Å². The van der Waals surface area contributed by atoms with E-state index in [1.165, 1.54) is 10.6 Å². The van der Waals surface area contributed by atoms with Crippen LogP contribution in [0.15, 0.2) is 72.8 Å². The Balaban J connectivity index is 1.87. The third-order valence-electron chi connectivity index (χ3n) is 6.60. The van der Waals surface area contributed by atoms with Gasteiger partial charge >= 0.3 is 0 Å². The molecule has 3 rings (SSSR count). The van der Waals surface area contributed by atoms with Gasteiger partial charge in [0, 0.05) is 38.0 Å². The third kappa shape index (κ3) is 8.31. The number of carbonyl (C=O) groups is 2. The van der Waals surface area contributed by atoms with E-state index >= 15 is 0 Å². The van der Waals surface area contributed by atoms with Crippen molar-refractivity contribution in [3.8, 4) is 0 Å². The molecule has 3 aromatic carbocycles. The number of rotatable bonds is 12. The summed E-state index contributed by atoms with van der Waals surface area (Å²) in [6.45, 7) is 4.06. The Morgan fingerprint density at radius 2 is 1.64 bits per heavy atom. The fraction of sp³-hybridized carbons (Fsp3) is 0.333. The van der Waals surface area contributed by atoms with E-state index in [-0.39, 0.29) is 37.7 Å². The van der Waals surface area contributed by atoms with Crippen LogP contribution in [0.3, 0.4) is 0 Å². The summed E-state index contributed by atoms with van der Waals surface area (Å²) in [4.78, 5) is 28.4. The zero-order valence-corrected chi connectivity index (χ0v) is 24.4. The number of halogens is 1. The van der Waals surface area contributed by atoms with E-state index in [1.54, 1.807) is 18.0 Å². The lowest BCUT2D eigenvalue weighted by Crippen LogP contribution is -2.49. The first-order chi connectivity index (χ1) is 18.5. The van der Waals surface area contributed by atoms with Gasteiger partial charge in [-0.1, -0.05) is 72.3 Å². The average Bonchev–Trinajstić information content (AvgIpc) is 2.90. The molecule has 0 saturated carbocycles. The van der Waals surface area contributed by atoms with Crippen LogP contribution in [0.5, 0.6) is 0 Å². The number of anilines is 1. The minimum Gasteiger partial charge on any atom is -0.357 e. The molecule has 1 atom stereocenters. The molecule has 0 bridgehead atoms. The molecule has 2 amide bonds. The van der Waals surface area contributed by atoms with Crippen LogP contribution < -0.4 is 9.62 Å². The zero-order chi connectivity index (χ0) is 28.6. The SMILES string of the molecule is CNC(=O)[C@H](Cc1ccccc1)N(Cc1ccccc1Cl)C(=O)CCCN(c1cc(C)ccc1C)S(C)(=O)=O. The molecular weight excluding hydrogens is 534 g/mol. The van der Waals surface area contributed by atoms with Gasteiger partial charge in [0.2, 0.25) is 21.8 Å². The Labute approximate surface area is 236 Å². The molecule has 9 heteroatoms. The molecule has 3 aromatic rings. The summed E-state index contributed by atoms with van der Waals surface area (Å²) in [5.41, 5.74) is 4.02. The molecule has 208 valence electrons. The van der Waals surface area contributed by atoms with Crippen LogP contribution in [0, 0.1) is 13.8 Å². The van der Waals surface area contributed by atoms with Crippen LogP contribution in [0.2, 0.25) is 5.02 Å². The highest BCUT2D eigenvalue weighted by atomic mass is 35.5. The minimum absolute atomic E-state index is 0.0591. The number of likely N-dealkylation sites (N-methyl/N-ethyl adjacent to an activating group) is 1. The van der Waals surface area contributed by atoms with Gasteiger partial charge < -0.3 is 10.2 Å². The first kappa shape index (κ1) is 30.2. The summed E-state index contributed by atoms with van der Waals surface area (Å²) in [5, 5.41) is 3.20. The maximum Gasteiger partial charge on any atom is 0.242 e. The molecule has 0 spiro atoms. The molecule has 0 fully saturated rings. The Kier molecular flexibility index (Phi) is 10.5. The molecule has 0 heterocycles. The monoisotopic (exact) mass is 569 g/mol. The quantitative estimate of drug-likeness (QED) is 0.336. The van der Waals surface area contributed by atoms with E-state index in [0.29, 0.717) is 17.1 Å². The van der Waals surface area contributed by atoms with Crippen LogP contribution >= 0.6 is 11.6 Å². The predicted octanol–water partition coefficient (Wildman–Crippen LogP) is 4.89. The van der Waals surface area contributed by atoms with Crippen molar-refractivity contribution < 1.29 is 18.0 Å². The molecule has 39 heavy (non-hydrogen) atoms. The topological polar surface area (TPSA) is 86.8 Å². The number of sulfonamides is 1. The Morgan fingerprint density at radius 1 is 0.974 bits per heavy atom. The summed E-state index contributed by atoms with van der Waals surface area (Å²) < 4.78 is 26.7. The summed E-state index contributed by atoms with van der Waals surface area (Å²) in [7, 11) is -2.03. The molecule has 0 unspecified atom stereocenters. The van der Waals surface area contributed by atoms with Crippen molar-refractivity contribution in [3.63, 3.8) is 0 Å². The zero-order valence-electron chi connectivity index (χ0n) is 22.9. The predicted molar refractivity (Wildman–Crippen MR) is 157 cm³/mol. The van der Waals surface area contributed by atoms with Gasteiger partial charge in [0.25, 0.3) is 0 Å². The molecule has 7 nitrogen and oxygen atoms in total. The average molecular weight is 570 g/mol. The maximum absolute atomic E-state index is 13.7. The van der Waals surface area contributed by atoms with Gasteiger partial charge in [-0.15, -0.1) is 0 Å². The summed E-state index contributed by atoms with van der Waals surface area (Å²) in [5.74, 6) is -0.540. The molecule has 0 aliphatic heterocycles. The Bertz CT molecular complexity index is 1400. The van der Waals surface area contributed by atoms with Crippen molar-refractivity contribution in [1.82, 2.24) is 10.2 Å². The number of carbonyl (C=O) groups excluding carboxylic acids is 2. The number of amides is 2. The number of aryl methyl sites for hydroxylation is 2. The lowest BCUT2D eigenvalue weighted by molar-refractivity contribution is -0.141. The largest absolute Gasteiger partial charge is 0.357 e. The number of hydrogen-bond donors (Lipinski definition) is 1. The van der Waals surface area contributed by atoms with Crippen molar-refractivity contribution in [2.75, 3.05) is 24.2 Å². The van der Waals surface area contributed by atoms with E-state index < -0.39 is 16.1 Å². The van der Waals surface area contributed by atoms with Crippen molar-refractivity contribution in [3.05, 3.63) is 100 Å². The molecule has 0 aliphatic carbocycles. The lowest BCUT2D eigenvalue weighted by Gasteiger charge is -2.32. The first-order valence-electron chi connectivity index (χ1n) is 12.8. The molecule has 1 N–H and O–H groups in total. The van der Waals surface area contributed by atoms with Crippen LogP contribution in [-0.2, 0) is 32.6 Å². The second-order valence-corrected chi connectivity index (χ2v) is 12.0. The fourth-order valence-electron chi connectivity index (χ4n) is 4.50. The highest BCUT2D eigenvalue weighted by molar-refractivity contribution is 7.92. The highest BCUT2D eigenvalue weighted by Crippen LogP contribution is 2.25. The van der Waals surface area contributed by atoms with Crippen LogP contribution in [0.4, 0.5) is 5.69 Å². The summed E-state index contributed by atoms with van der Waals surface area (Å²) in [6.07, 6.45) is 1.84. The molecule has 0 aliphatic rings. The van der Waals surface area contributed by atoms with Crippen LogP contribution in [0.25, 0.3) is 0 Å². The van der Waals surface area contributed by atoms with Gasteiger partial charge in [-0.25, -0.2) is 8.42 Å². The van der Waals surface area contributed by atoms with Crippen LogP contribution in [0.1, 0.15) is 35.1 Å². The smallest absolute Gasteiger partial charge is 0.242 e. The highest BCUT2D eigenvalue weighted by Gasteiger charge is 2.30. The lowest BCUT2D eigenvalue weighted by atomic mass is 10.0. The van der Waals surface area contributed by atoms with Crippen molar-refractivity contribution >= 4 is 39.1 Å². The number of benzene rings is 3. The van der Waals surface area contributed by atoms with E-state index in [0.717, 1.165) is 22.3 Å². The minimum atomic E-state index is -3.58. The maximum atomic E-state index is 13.7. The second-order valence-electron chi connectivity index (χ2n) is 9.66. The van der Waals surface area contributed by atoms with Gasteiger partial charge in [0.15, 0.2) is 0 Å². The molecule has 0 aromatic heterocycles. The normalized spacial score (nSPS) is 12.0. The van der Waals surface area contributed by atoms with E-state index in [1.807, 2.05) is 80.6 Å². The molecule has 0 radical (unpaired) electrons. The number of nitrogens with one attached hydrogen (secondary N) is 1.